The number of likely N-dealkylation sites (N-methyl/N-ethyl adjacent to an activating group) is 1. The van der Waals surface area contributed by atoms with E-state index in [-0.39, 0.29) is 12.4 Å². The van der Waals surface area contributed by atoms with Crippen LogP contribution >= 0.6 is 62.3 Å². The van der Waals surface area contributed by atoms with E-state index in [0.29, 0.717) is 10.7 Å². The number of hydrogen-bond acceptors (Lipinski definition) is 3. The number of amidine groups is 1. The van der Waals surface area contributed by atoms with Crippen LogP contribution in [0.4, 0.5) is 10.5 Å². The molecule has 1 unspecified atom stereocenters. The van der Waals surface area contributed by atoms with Crippen LogP contribution < -0.4 is 4.90 Å². The number of aliphatic imine (C=N–C) groups is 1. The van der Waals surface area contributed by atoms with E-state index < -0.39 is 20.7 Å². The van der Waals surface area contributed by atoms with E-state index in [9.17, 15) is 9.59 Å². The Balaban J connectivity index is 2.51. The number of carbonyl (C=O) groups excluding carboxylic acids is 2. The van der Waals surface area contributed by atoms with Crippen molar-refractivity contribution in [1.29, 1.82) is 0 Å². The summed E-state index contributed by atoms with van der Waals surface area (Å²) >= 11 is 26.2. The molecular formula is C13H10BrCl4N3O2. The number of imide groups is 1. The molecule has 1 atom stereocenters. The molecule has 0 saturated carbocycles. The van der Waals surface area contributed by atoms with E-state index in [1.165, 1.54) is 0 Å². The monoisotopic (exact) mass is 459 g/mol. The van der Waals surface area contributed by atoms with Gasteiger partial charge in [0, 0.05) is 11.6 Å². The molecule has 1 aliphatic heterocycles. The number of amides is 3. The average molecular weight is 462 g/mol. The lowest BCUT2D eigenvalue weighted by Gasteiger charge is -2.18. The minimum atomic E-state index is -1.78. The molecular weight excluding hydrogens is 452 g/mol. The predicted octanol–water partition coefficient (Wildman–Crippen LogP) is 4.62. The number of alkyl halides is 4. The summed E-state index contributed by atoms with van der Waals surface area (Å²) in [6, 6.07) is 5.87. The lowest BCUT2D eigenvalue weighted by atomic mass is 10.3. The van der Waals surface area contributed by atoms with Gasteiger partial charge in [0.1, 0.15) is 0 Å². The minimum Gasteiger partial charge on any atom is -0.265 e. The van der Waals surface area contributed by atoms with Crippen LogP contribution in [0.15, 0.2) is 29.3 Å². The Morgan fingerprint density at radius 1 is 1.22 bits per heavy atom. The first-order valence-electron chi connectivity index (χ1n) is 6.37. The minimum absolute atomic E-state index is 0.132. The zero-order chi connectivity index (χ0) is 17.4. The van der Waals surface area contributed by atoms with Crippen molar-refractivity contribution < 1.29 is 9.59 Å². The molecule has 1 aliphatic rings. The molecule has 3 amide bonds. The molecule has 2 rings (SSSR count). The maximum Gasteiger partial charge on any atom is 0.337 e. The third-order valence-electron chi connectivity index (χ3n) is 2.98. The number of benzene rings is 1. The largest absolute Gasteiger partial charge is 0.337 e. The number of halogens is 5. The fraction of sp³-hybridized carbons (Fsp3) is 0.308. The average Bonchev–Trinajstić information content (AvgIpc) is 2.70. The Bertz CT molecular complexity index is 660. The fourth-order valence-electron chi connectivity index (χ4n) is 1.91. The van der Waals surface area contributed by atoms with Crippen LogP contribution in [0, 0.1) is 0 Å². The number of nitrogens with zero attached hydrogens (tertiary/aromatic N) is 3. The van der Waals surface area contributed by atoms with Gasteiger partial charge < -0.3 is 0 Å². The van der Waals surface area contributed by atoms with E-state index in [1.54, 1.807) is 31.2 Å². The molecule has 1 aromatic carbocycles. The molecule has 1 fully saturated rings. The second-order valence-corrected chi connectivity index (χ2v) is 8.15. The highest BCUT2D eigenvalue weighted by Gasteiger charge is 2.44. The summed E-state index contributed by atoms with van der Waals surface area (Å²) < 4.78 is -1.78. The lowest BCUT2D eigenvalue weighted by Crippen LogP contribution is -2.33. The standard InChI is InChI=1S/C13H10BrCl4N3O2/c1-2-20-10(22)9(19-11(14)13(16,17)18)21(12(20)23)8-5-3-7(15)4-6-8/h3-6,11H,2H2,1H3. The van der Waals surface area contributed by atoms with Gasteiger partial charge in [0.15, 0.2) is 4.95 Å². The van der Waals surface area contributed by atoms with Crippen LogP contribution in [0.5, 0.6) is 0 Å². The first-order valence-corrected chi connectivity index (χ1v) is 8.79. The molecule has 5 nitrogen and oxygen atoms in total. The topological polar surface area (TPSA) is 53.0 Å². The third-order valence-corrected chi connectivity index (χ3v) is 5.53. The van der Waals surface area contributed by atoms with Gasteiger partial charge in [-0.15, -0.1) is 0 Å². The molecule has 124 valence electrons. The van der Waals surface area contributed by atoms with Crippen LogP contribution in [0.3, 0.4) is 0 Å². The quantitative estimate of drug-likeness (QED) is 0.374. The number of anilines is 1. The van der Waals surface area contributed by atoms with Crippen molar-refractivity contribution in [3.8, 4) is 0 Å². The highest BCUT2D eigenvalue weighted by Crippen LogP contribution is 2.36. The van der Waals surface area contributed by atoms with Crippen molar-refractivity contribution >= 4 is 85.8 Å². The van der Waals surface area contributed by atoms with Gasteiger partial charge in [-0.3, -0.25) is 9.69 Å². The Kier molecular flexibility index (Phi) is 5.85. The van der Waals surface area contributed by atoms with Crippen molar-refractivity contribution in [2.24, 2.45) is 4.99 Å². The Morgan fingerprint density at radius 3 is 2.26 bits per heavy atom. The predicted molar refractivity (Wildman–Crippen MR) is 97.2 cm³/mol. The van der Waals surface area contributed by atoms with E-state index in [4.69, 9.17) is 46.4 Å². The number of carbonyl (C=O) groups is 2. The first-order chi connectivity index (χ1) is 10.7. The van der Waals surface area contributed by atoms with Gasteiger partial charge >= 0.3 is 6.03 Å². The highest BCUT2D eigenvalue weighted by atomic mass is 79.9. The van der Waals surface area contributed by atoms with Gasteiger partial charge in [-0.25, -0.2) is 14.7 Å². The van der Waals surface area contributed by atoms with Gasteiger partial charge in [0.25, 0.3) is 5.91 Å². The SMILES string of the molecule is CCN1C(=O)C(=NC(Br)C(Cl)(Cl)Cl)N(c2ccc(Cl)cc2)C1=O. The normalized spacial score (nSPS) is 19.0. The summed E-state index contributed by atoms with van der Waals surface area (Å²) in [6.45, 7) is 1.88. The lowest BCUT2D eigenvalue weighted by molar-refractivity contribution is -0.120. The van der Waals surface area contributed by atoms with Crippen LogP contribution in [0.2, 0.25) is 5.02 Å². The van der Waals surface area contributed by atoms with Crippen molar-refractivity contribution in [3.63, 3.8) is 0 Å². The Morgan fingerprint density at radius 2 is 1.78 bits per heavy atom. The van der Waals surface area contributed by atoms with Crippen LogP contribution in [0.1, 0.15) is 6.92 Å². The number of urea groups is 1. The van der Waals surface area contributed by atoms with Crippen LogP contribution in [0.25, 0.3) is 0 Å². The van der Waals surface area contributed by atoms with Crippen LogP contribution in [-0.2, 0) is 4.79 Å². The molecule has 0 aliphatic carbocycles. The van der Waals surface area contributed by atoms with Gasteiger partial charge in [0.05, 0.1) is 5.69 Å². The molecule has 10 heteroatoms. The summed E-state index contributed by atoms with van der Waals surface area (Å²) in [5.41, 5.74) is 0.437. The first kappa shape index (κ1) is 18.8. The van der Waals surface area contributed by atoms with Gasteiger partial charge in [-0.2, -0.15) is 0 Å². The van der Waals surface area contributed by atoms with Crippen molar-refractivity contribution in [3.05, 3.63) is 29.3 Å². The maximum absolute atomic E-state index is 12.5. The molecule has 0 bridgehead atoms. The molecule has 1 heterocycles. The van der Waals surface area contributed by atoms with Crippen molar-refractivity contribution in [1.82, 2.24) is 4.90 Å². The third kappa shape index (κ3) is 3.94. The number of hydrogen-bond donors (Lipinski definition) is 0. The summed E-state index contributed by atoms with van der Waals surface area (Å²) in [4.78, 5) is 30.2. The molecule has 0 radical (unpaired) electrons. The molecule has 0 N–H and O–H groups in total. The summed E-state index contributed by atoms with van der Waals surface area (Å²) in [5, 5.41) is 0.497. The summed E-state index contributed by atoms with van der Waals surface area (Å²) in [5.74, 6) is -0.696. The smallest absolute Gasteiger partial charge is 0.265 e. The maximum atomic E-state index is 12.5. The zero-order valence-electron chi connectivity index (χ0n) is 11.6. The fourth-order valence-corrected chi connectivity index (χ4v) is 2.38. The van der Waals surface area contributed by atoms with Gasteiger partial charge in [0.2, 0.25) is 9.63 Å². The van der Waals surface area contributed by atoms with E-state index in [2.05, 4.69) is 20.9 Å². The summed E-state index contributed by atoms with van der Waals surface area (Å²) in [7, 11) is 0. The molecule has 1 aromatic rings. The Hall–Kier alpha value is -0.530. The van der Waals surface area contributed by atoms with E-state index in [0.717, 1.165) is 9.80 Å². The molecule has 1 saturated heterocycles. The second kappa shape index (κ2) is 7.15. The van der Waals surface area contributed by atoms with Gasteiger partial charge in [-0.05, 0) is 31.2 Å². The molecule has 23 heavy (non-hydrogen) atoms. The second-order valence-electron chi connectivity index (χ2n) is 4.47. The summed E-state index contributed by atoms with van der Waals surface area (Å²) in [6.07, 6.45) is 0. The zero-order valence-corrected chi connectivity index (χ0v) is 16.3. The van der Waals surface area contributed by atoms with E-state index in [1.807, 2.05) is 0 Å². The Labute approximate surface area is 161 Å². The number of rotatable bonds is 3. The molecule has 0 spiro atoms. The van der Waals surface area contributed by atoms with Crippen molar-refractivity contribution in [2.75, 3.05) is 11.4 Å². The molecule has 0 aromatic heterocycles. The van der Waals surface area contributed by atoms with Gasteiger partial charge in [-0.1, -0.05) is 62.3 Å². The van der Waals surface area contributed by atoms with Crippen LogP contribution in [-0.4, -0.2) is 38.0 Å². The van der Waals surface area contributed by atoms with Crippen molar-refractivity contribution in [2.45, 2.75) is 15.7 Å². The highest BCUT2D eigenvalue weighted by molar-refractivity contribution is 9.09. The van der Waals surface area contributed by atoms with E-state index >= 15 is 0 Å².